The van der Waals surface area contributed by atoms with Gasteiger partial charge in [0.1, 0.15) is 0 Å². The van der Waals surface area contributed by atoms with E-state index in [0.29, 0.717) is 5.92 Å². The Labute approximate surface area is 87.6 Å². The highest BCUT2D eigenvalue weighted by Crippen LogP contribution is 2.21. The van der Waals surface area contributed by atoms with E-state index < -0.39 is 8.80 Å². The molecule has 0 radical (unpaired) electrons. The smallest absolute Gasteiger partial charge is 0.0651 e. The molecule has 14 heavy (non-hydrogen) atoms. The molecule has 0 aromatic heterocycles. The summed E-state index contributed by atoms with van der Waals surface area (Å²) in [6.45, 7) is 4.78. The predicted molar refractivity (Wildman–Crippen MR) is 66.0 cm³/mol. The van der Waals surface area contributed by atoms with Crippen LogP contribution in [-0.4, -0.2) is 8.80 Å². The van der Waals surface area contributed by atoms with Gasteiger partial charge < -0.3 is 0 Å². The average molecular weight is 200 g/mol. The molecule has 0 nitrogen and oxygen atoms in total. The van der Waals surface area contributed by atoms with Crippen molar-refractivity contribution in [3.05, 3.63) is 54.1 Å². The molecule has 0 saturated carbocycles. The maximum atomic E-state index is 2.39. The molecule has 0 bridgehead atoms. The van der Waals surface area contributed by atoms with E-state index in [0.717, 1.165) is 0 Å². The summed E-state index contributed by atoms with van der Waals surface area (Å²) in [5, 5.41) is 1.61. The van der Waals surface area contributed by atoms with E-state index in [1.54, 1.807) is 5.19 Å². The third-order valence-electron chi connectivity index (χ3n) is 2.73. The molecule has 1 heteroatoms. The van der Waals surface area contributed by atoms with Crippen LogP contribution in [0.2, 0.25) is 13.1 Å². The van der Waals surface area contributed by atoms with Gasteiger partial charge in [0.25, 0.3) is 0 Å². The molecule has 1 aromatic rings. The van der Waals surface area contributed by atoms with E-state index in [-0.39, 0.29) is 0 Å². The second-order valence-corrected chi connectivity index (χ2v) is 7.01. The van der Waals surface area contributed by atoms with E-state index in [9.17, 15) is 0 Å². The van der Waals surface area contributed by atoms with Gasteiger partial charge in [-0.05, 0) is 5.56 Å². The van der Waals surface area contributed by atoms with Crippen molar-refractivity contribution in [3.8, 4) is 0 Å². The summed E-state index contributed by atoms with van der Waals surface area (Å²) >= 11 is 0. The van der Waals surface area contributed by atoms with Gasteiger partial charge >= 0.3 is 0 Å². The zero-order valence-electron chi connectivity index (χ0n) is 8.77. The van der Waals surface area contributed by atoms with Crippen LogP contribution in [0.3, 0.4) is 0 Å². The summed E-state index contributed by atoms with van der Waals surface area (Å²) in [5.41, 5.74) is 1.51. The van der Waals surface area contributed by atoms with Gasteiger partial charge in [-0.3, -0.25) is 0 Å². The summed E-state index contributed by atoms with van der Waals surface area (Å²) in [6.07, 6.45) is 8.83. The number of rotatable bonds is 2. The summed E-state index contributed by atoms with van der Waals surface area (Å²) in [5.74, 6) is 0.529. The van der Waals surface area contributed by atoms with Crippen molar-refractivity contribution >= 4 is 14.0 Å². The zero-order valence-corrected chi connectivity index (χ0v) is 9.93. The molecule has 1 aromatic carbocycles. The van der Waals surface area contributed by atoms with E-state index >= 15 is 0 Å². The largest absolute Gasteiger partial charge is 0.0733 e. The van der Waals surface area contributed by atoms with Crippen LogP contribution >= 0.6 is 0 Å². The maximum absolute atomic E-state index is 2.39. The number of hydrogen-bond acceptors (Lipinski definition) is 0. The highest BCUT2D eigenvalue weighted by atomic mass is 28.3. The molecule has 0 N–H and O–H groups in total. The van der Waals surface area contributed by atoms with E-state index in [1.165, 1.54) is 5.56 Å². The number of benzene rings is 1. The van der Waals surface area contributed by atoms with E-state index in [2.05, 4.69) is 61.7 Å². The lowest BCUT2D eigenvalue weighted by molar-refractivity contribution is 1.12. The first kappa shape index (κ1) is 9.47. The Morgan fingerprint density at radius 3 is 2.29 bits per heavy atom. The molecule has 2 rings (SSSR count). The van der Waals surface area contributed by atoms with Crippen molar-refractivity contribution in [2.24, 2.45) is 0 Å². The van der Waals surface area contributed by atoms with Gasteiger partial charge in [0.15, 0.2) is 0 Å². The van der Waals surface area contributed by atoms with Gasteiger partial charge in [-0.15, -0.1) is 0 Å². The van der Waals surface area contributed by atoms with Crippen molar-refractivity contribution in [2.75, 3.05) is 0 Å². The fourth-order valence-corrected chi connectivity index (χ4v) is 3.43. The summed E-state index contributed by atoms with van der Waals surface area (Å²) in [4.78, 5) is 0. The van der Waals surface area contributed by atoms with Crippen LogP contribution in [0.4, 0.5) is 0 Å². The third kappa shape index (κ3) is 1.73. The number of allylic oxidation sites excluding steroid dienone is 4. The van der Waals surface area contributed by atoms with Crippen LogP contribution in [0.1, 0.15) is 11.5 Å². The zero-order chi connectivity index (χ0) is 9.97. The van der Waals surface area contributed by atoms with Crippen molar-refractivity contribution in [1.29, 1.82) is 0 Å². The first-order valence-electron chi connectivity index (χ1n) is 5.23. The molecule has 0 saturated heterocycles. The molecule has 1 aliphatic rings. The van der Waals surface area contributed by atoms with Crippen LogP contribution in [0.5, 0.6) is 0 Å². The Bertz CT molecular complexity index is 363. The fraction of sp³-hybridized carbons (Fsp3) is 0.231. The van der Waals surface area contributed by atoms with Gasteiger partial charge in [0.2, 0.25) is 0 Å². The first-order chi connectivity index (χ1) is 6.79. The minimum atomic E-state index is -0.692. The molecule has 0 amide bonds. The van der Waals surface area contributed by atoms with Gasteiger partial charge in [-0.25, -0.2) is 0 Å². The second-order valence-electron chi connectivity index (χ2n) is 4.08. The van der Waals surface area contributed by atoms with Crippen LogP contribution in [0.15, 0.2) is 48.6 Å². The Morgan fingerprint density at radius 2 is 1.64 bits per heavy atom. The van der Waals surface area contributed by atoms with Crippen LogP contribution in [-0.2, 0) is 0 Å². The molecular weight excluding hydrogens is 184 g/mol. The Balaban J connectivity index is 2.41. The van der Waals surface area contributed by atoms with Crippen molar-refractivity contribution in [2.45, 2.75) is 19.0 Å². The third-order valence-corrected chi connectivity index (χ3v) is 4.49. The van der Waals surface area contributed by atoms with Crippen molar-refractivity contribution < 1.29 is 0 Å². The second kappa shape index (κ2) is 3.97. The highest BCUT2D eigenvalue weighted by Gasteiger charge is 2.13. The molecule has 0 aliphatic heterocycles. The lowest BCUT2D eigenvalue weighted by atomic mass is 10.0. The van der Waals surface area contributed by atoms with Crippen molar-refractivity contribution in [1.82, 2.24) is 0 Å². The minimum Gasteiger partial charge on any atom is -0.0733 e. The molecule has 0 unspecified atom stereocenters. The number of hydrogen-bond donors (Lipinski definition) is 0. The molecule has 72 valence electrons. The van der Waals surface area contributed by atoms with Crippen LogP contribution in [0, 0.1) is 0 Å². The lowest BCUT2D eigenvalue weighted by Crippen LogP contribution is -2.27. The normalized spacial score (nSPS) is 15.6. The Kier molecular flexibility index (Phi) is 2.68. The van der Waals surface area contributed by atoms with E-state index in [1.807, 2.05) is 0 Å². The Morgan fingerprint density at radius 1 is 1.00 bits per heavy atom. The summed E-state index contributed by atoms with van der Waals surface area (Å²) < 4.78 is 0. The van der Waals surface area contributed by atoms with E-state index in [4.69, 9.17) is 0 Å². The summed E-state index contributed by atoms with van der Waals surface area (Å²) in [7, 11) is -0.692. The monoisotopic (exact) mass is 200 g/mol. The van der Waals surface area contributed by atoms with Crippen LogP contribution < -0.4 is 5.19 Å². The minimum absolute atomic E-state index is 0.529. The topological polar surface area (TPSA) is 0 Å². The quantitative estimate of drug-likeness (QED) is 0.644. The molecular formula is C13H16Si. The SMILES string of the molecule is C[SiH](C)c1ccccc1C1C=CC=C1. The van der Waals surface area contributed by atoms with Crippen LogP contribution in [0.25, 0.3) is 0 Å². The van der Waals surface area contributed by atoms with Gasteiger partial charge in [0, 0.05) is 5.92 Å². The average Bonchev–Trinajstić information content (AvgIpc) is 2.70. The molecule has 0 fully saturated rings. The molecule has 1 aliphatic carbocycles. The maximum Gasteiger partial charge on any atom is 0.0651 e. The van der Waals surface area contributed by atoms with Crippen molar-refractivity contribution in [3.63, 3.8) is 0 Å². The fourth-order valence-electron chi connectivity index (χ4n) is 1.98. The highest BCUT2D eigenvalue weighted by molar-refractivity contribution is 6.71. The van der Waals surface area contributed by atoms with Gasteiger partial charge in [0.05, 0.1) is 8.80 Å². The van der Waals surface area contributed by atoms with Gasteiger partial charge in [-0.1, -0.05) is 66.9 Å². The molecule has 0 heterocycles. The summed E-state index contributed by atoms with van der Waals surface area (Å²) in [6, 6.07) is 8.88. The lowest BCUT2D eigenvalue weighted by Gasteiger charge is -2.14. The standard InChI is InChI=1S/C13H16Si/c1-14(2)13-10-6-5-9-12(13)11-7-3-4-8-11/h3-11,14H,1-2H3. The Hall–Kier alpha value is -1.08. The first-order valence-corrected chi connectivity index (χ1v) is 8.11. The van der Waals surface area contributed by atoms with Gasteiger partial charge in [-0.2, -0.15) is 0 Å². The predicted octanol–water partition coefficient (Wildman–Crippen LogP) is 2.59. The molecule has 0 spiro atoms. The molecule has 0 atom stereocenters.